The van der Waals surface area contributed by atoms with Crippen molar-refractivity contribution in [3.05, 3.63) is 40.7 Å². The van der Waals surface area contributed by atoms with Crippen molar-refractivity contribution in [1.82, 2.24) is 14.1 Å². The van der Waals surface area contributed by atoms with Gasteiger partial charge in [-0.05, 0) is 32.0 Å². The molecule has 1 fully saturated rings. The average Bonchev–Trinajstić information content (AvgIpc) is 2.80. The second-order valence-electron chi connectivity index (χ2n) is 5.99. The summed E-state index contributed by atoms with van der Waals surface area (Å²) in [4.78, 5) is 2.49. The zero-order valence-corrected chi connectivity index (χ0v) is 15.6. The molecule has 0 bridgehead atoms. The lowest BCUT2D eigenvalue weighted by molar-refractivity contribution is 0.384. The van der Waals surface area contributed by atoms with Crippen LogP contribution in [0.2, 0.25) is 5.02 Å². The highest BCUT2D eigenvalue weighted by Gasteiger charge is 2.32. The molecule has 0 atom stereocenters. The van der Waals surface area contributed by atoms with Crippen LogP contribution in [-0.2, 0) is 17.1 Å². The molecule has 0 N–H and O–H groups in total. The molecule has 0 aliphatic carbocycles. The zero-order chi connectivity index (χ0) is 17.5. The lowest BCUT2D eigenvalue weighted by atomic mass is 10.2. The number of hydrogen-bond acceptors (Lipinski definition) is 4. The lowest BCUT2D eigenvalue weighted by Gasteiger charge is -2.35. The Morgan fingerprint density at radius 3 is 2.33 bits per heavy atom. The fourth-order valence-electron chi connectivity index (χ4n) is 3.12. The van der Waals surface area contributed by atoms with Gasteiger partial charge in [0.2, 0.25) is 10.0 Å². The molecule has 130 valence electrons. The Balaban J connectivity index is 1.79. The number of nitrogens with zero attached hydrogens (tertiary/aromatic N) is 4. The summed E-state index contributed by atoms with van der Waals surface area (Å²) in [6, 6.07) is 7.63. The van der Waals surface area contributed by atoms with E-state index in [2.05, 4.69) is 10.00 Å². The van der Waals surface area contributed by atoms with Crippen molar-refractivity contribution in [3.8, 4) is 0 Å². The molecule has 24 heavy (non-hydrogen) atoms. The first-order valence-electron chi connectivity index (χ1n) is 7.81. The first-order chi connectivity index (χ1) is 11.3. The third-order valence-corrected chi connectivity index (χ3v) is 6.84. The van der Waals surface area contributed by atoms with Crippen molar-refractivity contribution in [2.45, 2.75) is 18.7 Å². The molecule has 6 nitrogen and oxygen atoms in total. The van der Waals surface area contributed by atoms with E-state index in [1.54, 1.807) is 29.9 Å². The van der Waals surface area contributed by atoms with Crippen molar-refractivity contribution in [2.75, 3.05) is 31.1 Å². The van der Waals surface area contributed by atoms with Gasteiger partial charge in [-0.2, -0.15) is 9.40 Å². The average molecular weight is 369 g/mol. The Morgan fingerprint density at radius 2 is 1.79 bits per heavy atom. The van der Waals surface area contributed by atoms with Crippen molar-refractivity contribution < 1.29 is 8.42 Å². The molecule has 1 aliphatic heterocycles. The molecule has 0 spiro atoms. The minimum atomic E-state index is -3.52. The molecule has 1 aromatic heterocycles. The Labute approximate surface area is 147 Å². The van der Waals surface area contributed by atoms with Crippen LogP contribution in [0.3, 0.4) is 0 Å². The largest absolute Gasteiger partial charge is 0.369 e. The van der Waals surface area contributed by atoms with Crippen LogP contribution < -0.4 is 4.90 Å². The van der Waals surface area contributed by atoms with Crippen LogP contribution in [0.5, 0.6) is 0 Å². The summed E-state index contributed by atoms with van der Waals surface area (Å²) in [5, 5.41) is 4.91. The van der Waals surface area contributed by atoms with Crippen LogP contribution in [0.4, 0.5) is 5.69 Å². The fourth-order valence-corrected chi connectivity index (χ4v) is 5.12. The van der Waals surface area contributed by atoms with Gasteiger partial charge < -0.3 is 4.90 Å². The molecule has 1 aliphatic rings. The van der Waals surface area contributed by atoms with E-state index >= 15 is 0 Å². The van der Waals surface area contributed by atoms with E-state index in [0.717, 1.165) is 5.69 Å². The van der Waals surface area contributed by atoms with E-state index in [9.17, 15) is 8.42 Å². The van der Waals surface area contributed by atoms with E-state index in [-0.39, 0.29) is 0 Å². The highest BCUT2D eigenvalue weighted by Crippen LogP contribution is 2.26. The number of piperazine rings is 1. The Kier molecular flexibility index (Phi) is 4.59. The summed E-state index contributed by atoms with van der Waals surface area (Å²) in [7, 11) is -1.76. The summed E-state index contributed by atoms with van der Waals surface area (Å²) in [5.41, 5.74) is 2.24. The highest BCUT2D eigenvalue weighted by atomic mass is 35.5. The van der Waals surface area contributed by atoms with E-state index in [0.29, 0.717) is 47.5 Å². The van der Waals surface area contributed by atoms with Gasteiger partial charge in [0.25, 0.3) is 0 Å². The van der Waals surface area contributed by atoms with Gasteiger partial charge in [0.15, 0.2) is 0 Å². The van der Waals surface area contributed by atoms with Gasteiger partial charge in [-0.3, -0.25) is 4.68 Å². The van der Waals surface area contributed by atoms with Gasteiger partial charge in [-0.15, -0.1) is 0 Å². The monoisotopic (exact) mass is 368 g/mol. The van der Waals surface area contributed by atoms with Gasteiger partial charge in [0.05, 0.1) is 11.4 Å². The second-order valence-corrected chi connectivity index (χ2v) is 8.31. The number of aromatic nitrogens is 2. The topological polar surface area (TPSA) is 58.4 Å². The van der Waals surface area contributed by atoms with Gasteiger partial charge in [0, 0.05) is 43.9 Å². The Morgan fingerprint density at radius 1 is 1.12 bits per heavy atom. The number of aryl methyl sites for hydroxylation is 2. The summed E-state index contributed by atoms with van der Waals surface area (Å²) in [6.45, 7) is 5.69. The highest BCUT2D eigenvalue weighted by molar-refractivity contribution is 7.89. The number of halogens is 1. The maximum atomic E-state index is 13.0. The van der Waals surface area contributed by atoms with E-state index in [1.807, 2.05) is 24.3 Å². The summed E-state index contributed by atoms with van der Waals surface area (Å²) in [5.74, 6) is 0. The number of hydrogen-bond donors (Lipinski definition) is 0. The van der Waals surface area contributed by atoms with Gasteiger partial charge in [-0.25, -0.2) is 8.42 Å². The summed E-state index contributed by atoms with van der Waals surface area (Å²) < 4.78 is 29.1. The van der Waals surface area contributed by atoms with Crippen LogP contribution in [0.15, 0.2) is 29.2 Å². The Bertz CT molecular complexity index is 855. The first kappa shape index (κ1) is 17.3. The number of sulfonamides is 1. The zero-order valence-electron chi connectivity index (χ0n) is 14.0. The molecule has 2 heterocycles. The molecule has 0 amide bonds. The van der Waals surface area contributed by atoms with Crippen molar-refractivity contribution in [2.24, 2.45) is 7.05 Å². The number of rotatable bonds is 3. The molecule has 0 radical (unpaired) electrons. The minimum absolute atomic E-state index is 0.334. The molecule has 8 heteroatoms. The number of benzene rings is 1. The third kappa shape index (κ3) is 3.03. The van der Waals surface area contributed by atoms with Crippen LogP contribution >= 0.6 is 11.6 Å². The van der Waals surface area contributed by atoms with Crippen molar-refractivity contribution in [1.29, 1.82) is 0 Å². The summed E-state index contributed by atoms with van der Waals surface area (Å²) >= 11 is 6.04. The standard InChI is InChI=1S/C16H21ClN4O2S/c1-12-16(13(2)19(3)18-12)24(22,23)21-9-7-20(8-10-21)15-6-4-5-14(17)11-15/h4-6,11H,7-10H2,1-3H3. The van der Waals surface area contributed by atoms with Gasteiger partial charge >= 0.3 is 0 Å². The second kappa shape index (κ2) is 6.38. The molecule has 1 saturated heterocycles. The van der Waals surface area contributed by atoms with E-state index < -0.39 is 10.0 Å². The first-order valence-corrected chi connectivity index (χ1v) is 9.63. The quantitative estimate of drug-likeness (QED) is 0.833. The van der Waals surface area contributed by atoms with Crippen LogP contribution in [-0.4, -0.2) is 48.7 Å². The van der Waals surface area contributed by atoms with E-state index in [1.165, 1.54) is 0 Å². The predicted octanol–water partition coefficient (Wildman–Crippen LogP) is 2.20. The number of anilines is 1. The van der Waals surface area contributed by atoms with Gasteiger partial charge in [-0.1, -0.05) is 17.7 Å². The van der Waals surface area contributed by atoms with Crippen LogP contribution in [0.25, 0.3) is 0 Å². The van der Waals surface area contributed by atoms with Crippen molar-refractivity contribution >= 4 is 27.3 Å². The minimum Gasteiger partial charge on any atom is -0.369 e. The SMILES string of the molecule is Cc1nn(C)c(C)c1S(=O)(=O)N1CCN(c2cccc(Cl)c2)CC1. The maximum absolute atomic E-state index is 13.0. The summed E-state index contributed by atoms with van der Waals surface area (Å²) in [6.07, 6.45) is 0. The van der Waals surface area contributed by atoms with E-state index in [4.69, 9.17) is 11.6 Å². The molecule has 2 aromatic rings. The molecule has 0 saturated carbocycles. The molecular weight excluding hydrogens is 348 g/mol. The van der Waals surface area contributed by atoms with Crippen molar-refractivity contribution in [3.63, 3.8) is 0 Å². The van der Waals surface area contributed by atoms with Crippen LogP contribution in [0.1, 0.15) is 11.4 Å². The third-order valence-electron chi connectivity index (χ3n) is 4.45. The molecule has 0 unspecified atom stereocenters. The normalized spacial score (nSPS) is 16.6. The Hall–Kier alpha value is -1.57. The maximum Gasteiger partial charge on any atom is 0.246 e. The molecular formula is C16H21ClN4O2S. The molecule has 3 rings (SSSR count). The van der Waals surface area contributed by atoms with Gasteiger partial charge in [0.1, 0.15) is 4.90 Å². The lowest BCUT2D eigenvalue weighted by Crippen LogP contribution is -2.48. The predicted molar refractivity (Wildman–Crippen MR) is 95.1 cm³/mol. The van der Waals surface area contributed by atoms with Crippen LogP contribution in [0, 0.1) is 13.8 Å². The molecule has 1 aromatic carbocycles. The fraction of sp³-hybridized carbons (Fsp3) is 0.438. The smallest absolute Gasteiger partial charge is 0.246 e.